The number of benzene rings is 1. The summed E-state index contributed by atoms with van der Waals surface area (Å²) < 4.78 is 0. The molecule has 2 atom stereocenters. The molecule has 3 N–H and O–H groups in total. The van der Waals surface area contributed by atoms with Crippen LogP contribution in [0.25, 0.3) is 0 Å². The summed E-state index contributed by atoms with van der Waals surface area (Å²) in [6.07, 6.45) is 0.582. The highest BCUT2D eigenvalue weighted by Crippen LogP contribution is 2.30. The van der Waals surface area contributed by atoms with Gasteiger partial charge in [0.1, 0.15) is 0 Å². The topological polar surface area (TPSA) is 83.6 Å². The number of hydrogen-bond donors (Lipinski definition) is 2. The largest absolute Gasteiger partial charge is 0.481 e. The molecule has 1 aliphatic heterocycles. The molecule has 5 nitrogen and oxygen atoms in total. The van der Waals surface area contributed by atoms with E-state index in [0.29, 0.717) is 19.0 Å². The minimum atomic E-state index is -1.04. The summed E-state index contributed by atoms with van der Waals surface area (Å²) in [5.74, 6) is -0.989. The standard InChI is InChI=1S/C16H22N2O3/c1-10-3-4-13(11(2)7-10)12-5-6-18(9-12)16(21)14(17)8-15(19)20/h3-4,7,12,14H,5-6,8-9,17H2,1-2H3,(H,19,20)/t12?,14-/m0/s1. The molecule has 1 aliphatic rings. The number of carboxylic acids is 1. The highest BCUT2D eigenvalue weighted by molar-refractivity contribution is 5.86. The van der Waals surface area contributed by atoms with Gasteiger partial charge in [-0.15, -0.1) is 0 Å². The zero-order valence-electron chi connectivity index (χ0n) is 12.5. The van der Waals surface area contributed by atoms with Crippen molar-refractivity contribution in [3.63, 3.8) is 0 Å². The van der Waals surface area contributed by atoms with Crippen LogP contribution in [0, 0.1) is 13.8 Å². The van der Waals surface area contributed by atoms with Crippen molar-refractivity contribution in [3.8, 4) is 0 Å². The van der Waals surface area contributed by atoms with E-state index in [1.165, 1.54) is 16.7 Å². The number of aryl methyl sites for hydroxylation is 2. The minimum Gasteiger partial charge on any atom is -0.481 e. The number of nitrogens with zero attached hydrogens (tertiary/aromatic N) is 1. The van der Waals surface area contributed by atoms with Crippen molar-refractivity contribution in [2.75, 3.05) is 13.1 Å². The van der Waals surface area contributed by atoms with Crippen molar-refractivity contribution in [3.05, 3.63) is 34.9 Å². The van der Waals surface area contributed by atoms with Gasteiger partial charge in [-0.1, -0.05) is 23.8 Å². The van der Waals surface area contributed by atoms with Gasteiger partial charge in [-0.3, -0.25) is 9.59 Å². The van der Waals surface area contributed by atoms with E-state index in [1.807, 2.05) is 0 Å². The van der Waals surface area contributed by atoms with Gasteiger partial charge in [-0.2, -0.15) is 0 Å². The third-order valence-corrected chi connectivity index (χ3v) is 4.08. The van der Waals surface area contributed by atoms with Crippen LogP contribution in [0.4, 0.5) is 0 Å². The molecule has 0 saturated carbocycles. The third kappa shape index (κ3) is 3.61. The normalized spacial score (nSPS) is 19.6. The van der Waals surface area contributed by atoms with Crippen molar-refractivity contribution in [1.82, 2.24) is 4.90 Å². The highest BCUT2D eigenvalue weighted by Gasteiger charge is 2.31. The summed E-state index contributed by atoms with van der Waals surface area (Å²) in [4.78, 5) is 24.5. The van der Waals surface area contributed by atoms with Gasteiger partial charge in [0.05, 0.1) is 12.5 Å². The second kappa shape index (κ2) is 6.26. The van der Waals surface area contributed by atoms with Crippen molar-refractivity contribution >= 4 is 11.9 Å². The van der Waals surface area contributed by atoms with Crippen LogP contribution < -0.4 is 5.73 Å². The maximum Gasteiger partial charge on any atom is 0.305 e. The molecular weight excluding hydrogens is 268 g/mol. The lowest BCUT2D eigenvalue weighted by molar-refractivity contribution is -0.141. The minimum absolute atomic E-state index is 0.260. The maximum absolute atomic E-state index is 12.1. The summed E-state index contributed by atoms with van der Waals surface area (Å²) in [6.45, 7) is 5.41. The van der Waals surface area contributed by atoms with Gasteiger partial charge >= 0.3 is 5.97 Å². The number of hydrogen-bond acceptors (Lipinski definition) is 3. The fourth-order valence-electron chi connectivity index (χ4n) is 3.01. The Labute approximate surface area is 124 Å². The molecule has 1 heterocycles. The molecule has 5 heteroatoms. The molecule has 114 valence electrons. The molecular formula is C16H22N2O3. The third-order valence-electron chi connectivity index (χ3n) is 4.08. The summed E-state index contributed by atoms with van der Waals surface area (Å²) in [6, 6.07) is 5.42. The van der Waals surface area contributed by atoms with E-state index in [0.717, 1.165) is 6.42 Å². The fourth-order valence-corrected chi connectivity index (χ4v) is 3.01. The van der Waals surface area contributed by atoms with Crippen LogP contribution in [0.3, 0.4) is 0 Å². The molecule has 2 rings (SSSR count). The zero-order valence-corrected chi connectivity index (χ0v) is 12.5. The Morgan fingerprint density at radius 1 is 1.43 bits per heavy atom. The average Bonchev–Trinajstić information content (AvgIpc) is 2.86. The zero-order chi connectivity index (χ0) is 15.6. The van der Waals surface area contributed by atoms with Crippen LogP contribution in [0.15, 0.2) is 18.2 Å². The highest BCUT2D eigenvalue weighted by atomic mass is 16.4. The first-order valence-corrected chi connectivity index (χ1v) is 7.21. The molecule has 1 aromatic rings. The fraction of sp³-hybridized carbons (Fsp3) is 0.500. The Hall–Kier alpha value is -1.88. The molecule has 1 fully saturated rings. The first-order chi connectivity index (χ1) is 9.88. The number of nitrogens with two attached hydrogens (primary N) is 1. The van der Waals surface area contributed by atoms with Gasteiger partial charge in [-0.05, 0) is 31.4 Å². The van der Waals surface area contributed by atoms with Crippen LogP contribution in [-0.2, 0) is 9.59 Å². The van der Waals surface area contributed by atoms with Crippen LogP contribution in [0.2, 0.25) is 0 Å². The molecule has 21 heavy (non-hydrogen) atoms. The van der Waals surface area contributed by atoms with Gasteiger partial charge in [0, 0.05) is 19.0 Å². The number of rotatable bonds is 4. The Morgan fingerprint density at radius 2 is 2.14 bits per heavy atom. The van der Waals surface area contributed by atoms with Crippen molar-refractivity contribution < 1.29 is 14.7 Å². The predicted molar refractivity (Wildman–Crippen MR) is 80.1 cm³/mol. The van der Waals surface area contributed by atoms with Gasteiger partial charge in [0.15, 0.2) is 0 Å². The lowest BCUT2D eigenvalue weighted by Crippen LogP contribution is -2.43. The van der Waals surface area contributed by atoms with E-state index in [9.17, 15) is 9.59 Å². The molecule has 1 aromatic carbocycles. The summed E-state index contributed by atoms with van der Waals surface area (Å²) in [7, 11) is 0. The Kier molecular flexibility index (Phi) is 4.63. The van der Waals surface area contributed by atoms with Gasteiger partial charge in [0.25, 0.3) is 0 Å². The lowest BCUT2D eigenvalue weighted by Gasteiger charge is -2.20. The monoisotopic (exact) mass is 290 g/mol. The van der Waals surface area contributed by atoms with Crippen LogP contribution in [0.5, 0.6) is 0 Å². The second-order valence-electron chi connectivity index (χ2n) is 5.83. The quantitative estimate of drug-likeness (QED) is 0.878. The van der Waals surface area contributed by atoms with E-state index >= 15 is 0 Å². The molecule has 0 bridgehead atoms. The first kappa shape index (κ1) is 15.5. The molecule has 0 aliphatic carbocycles. The van der Waals surface area contributed by atoms with Crippen molar-refractivity contribution in [2.45, 2.75) is 38.6 Å². The van der Waals surface area contributed by atoms with E-state index in [-0.39, 0.29) is 12.3 Å². The molecule has 0 radical (unpaired) electrons. The number of carboxylic acid groups (broad SMARTS) is 1. The van der Waals surface area contributed by atoms with Gasteiger partial charge < -0.3 is 15.7 Å². The first-order valence-electron chi connectivity index (χ1n) is 7.21. The summed E-state index contributed by atoms with van der Waals surface area (Å²) in [5, 5.41) is 8.72. The summed E-state index contributed by atoms with van der Waals surface area (Å²) in [5.41, 5.74) is 9.39. The van der Waals surface area contributed by atoms with E-state index in [2.05, 4.69) is 32.0 Å². The molecule has 0 spiro atoms. The molecule has 1 saturated heterocycles. The summed E-state index contributed by atoms with van der Waals surface area (Å²) >= 11 is 0. The van der Waals surface area contributed by atoms with E-state index in [1.54, 1.807) is 4.90 Å². The number of amides is 1. The van der Waals surface area contributed by atoms with E-state index < -0.39 is 12.0 Å². The molecule has 0 aromatic heterocycles. The van der Waals surface area contributed by atoms with Gasteiger partial charge in [-0.25, -0.2) is 0 Å². The van der Waals surface area contributed by atoms with E-state index in [4.69, 9.17) is 10.8 Å². The van der Waals surface area contributed by atoms with Crippen molar-refractivity contribution in [2.24, 2.45) is 5.73 Å². The average molecular weight is 290 g/mol. The van der Waals surface area contributed by atoms with Crippen LogP contribution in [-0.4, -0.2) is 41.0 Å². The maximum atomic E-state index is 12.1. The van der Waals surface area contributed by atoms with Crippen molar-refractivity contribution in [1.29, 1.82) is 0 Å². The molecule has 1 unspecified atom stereocenters. The van der Waals surface area contributed by atoms with Gasteiger partial charge in [0.2, 0.25) is 5.91 Å². The molecule has 1 amide bonds. The predicted octanol–water partition coefficient (Wildman–Crippen LogP) is 1.42. The van der Waals surface area contributed by atoms with Crippen LogP contribution >= 0.6 is 0 Å². The Bertz CT molecular complexity index is 556. The number of likely N-dealkylation sites (tertiary alicyclic amines) is 1. The second-order valence-corrected chi connectivity index (χ2v) is 5.83. The Balaban J connectivity index is 2.03. The Morgan fingerprint density at radius 3 is 2.76 bits per heavy atom. The smallest absolute Gasteiger partial charge is 0.305 e. The number of carbonyl (C=O) groups excluding carboxylic acids is 1. The number of aliphatic carboxylic acids is 1. The van der Waals surface area contributed by atoms with Crippen LogP contribution in [0.1, 0.15) is 35.4 Å². The SMILES string of the molecule is Cc1ccc(C2CCN(C(=O)[C@@H](N)CC(=O)O)C2)c(C)c1. The number of carbonyl (C=O) groups is 2. The lowest BCUT2D eigenvalue weighted by atomic mass is 9.93.